The Hall–Kier alpha value is -0.930. The summed E-state index contributed by atoms with van der Waals surface area (Å²) in [4.78, 5) is 0. The van der Waals surface area contributed by atoms with Crippen molar-refractivity contribution in [3.63, 3.8) is 0 Å². The molecule has 1 aliphatic heterocycles. The maximum Gasteiger partial charge on any atom is 0.126 e. The van der Waals surface area contributed by atoms with Crippen molar-refractivity contribution in [2.75, 3.05) is 13.2 Å². The third kappa shape index (κ3) is 2.76. The summed E-state index contributed by atoms with van der Waals surface area (Å²) in [6.07, 6.45) is 0.725. The Morgan fingerprint density at radius 2 is 2.20 bits per heavy atom. The SMILES string of the molecule is CC(Cc1ccccc1F)NC1COC1. The zero-order valence-corrected chi connectivity index (χ0v) is 8.87. The van der Waals surface area contributed by atoms with Crippen molar-refractivity contribution >= 4 is 0 Å². The van der Waals surface area contributed by atoms with Crippen LogP contribution in [-0.2, 0) is 11.2 Å². The van der Waals surface area contributed by atoms with Crippen molar-refractivity contribution in [2.24, 2.45) is 0 Å². The molecule has 0 aromatic heterocycles. The van der Waals surface area contributed by atoms with Crippen LogP contribution >= 0.6 is 0 Å². The Morgan fingerprint density at radius 3 is 2.80 bits per heavy atom. The summed E-state index contributed by atoms with van der Waals surface area (Å²) in [5, 5.41) is 3.40. The van der Waals surface area contributed by atoms with E-state index in [0.717, 1.165) is 25.2 Å². The number of ether oxygens (including phenoxy) is 1. The number of halogens is 1. The average molecular weight is 209 g/mol. The van der Waals surface area contributed by atoms with Crippen LogP contribution in [0.2, 0.25) is 0 Å². The molecule has 3 heteroatoms. The summed E-state index contributed by atoms with van der Waals surface area (Å²) in [5.74, 6) is -0.115. The van der Waals surface area contributed by atoms with Gasteiger partial charge in [0.1, 0.15) is 5.82 Å². The summed E-state index contributed by atoms with van der Waals surface area (Å²) < 4.78 is 18.4. The topological polar surface area (TPSA) is 21.3 Å². The lowest BCUT2D eigenvalue weighted by Crippen LogP contribution is -2.50. The van der Waals surface area contributed by atoms with Gasteiger partial charge in [-0.05, 0) is 25.0 Å². The summed E-state index contributed by atoms with van der Waals surface area (Å²) in [6.45, 7) is 3.63. The van der Waals surface area contributed by atoms with Gasteiger partial charge in [0.2, 0.25) is 0 Å². The molecule has 0 spiro atoms. The minimum atomic E-state index is -0.115. The maximum atomic E-state index is 13.3. The molecule has 1 aromatic carbocycles. The molecule has 1 atom stereocenters. The van der Waals surface area contributed by atoms with Crippen LogP contribution in [0.15, 0.2) is 24.3 Å². The lowest BCUT2D eigenvalue weighted by Gasteiger charge is -2.30. The molecule has 1 N–H and O–H groups in total. The Morgan fingerprint density at radius 1 is 1.47 bits per heavy atom. The minimum Gasteiger partial charge on any atom is -0.378 e. The average Bonchev–Trinajstić information content (AvgIpc) is 2.16. The third-order valence-electron chi connectivity index (χ3n) is 2.64. The second-order valence-corrected chi connectivity index (χ2v) is 4.10. The first kappa shape index (κ1) is 10.6. The van der Waals surface area contributed by atoms with E-state index in [0.29, 0.717) is 6.04 Å². The molecule has 2 rings (SSSR count). The Kier molecular flexibility index (Phi) is 3.34. The van der Waals surface area contributed by atoms with Gasteiger partial charge in [-0.15, -0.1) is 0 Å². The maximum absolute atomic E-state index is 13.3. The van der Waals surface area contributed by atoms with Crippen LogP contribution in [0.1, 0.15) is 12.5 Å². The first-order chi connectivity index (χ1) is 7.25. The summed E-state index contributed by atoms with van der Waals surface area (Å²) in [5.41, 5.74) is 0.776. The van der Waals surface area contributed by atoms with E-state index >= 15 is 0 Å². The molecule has 0 bridgehead atoms. The van der Waals surface area contributed by atoms with Crippen LogP contribution in [0.4, 0.5) is 4.39 Å². The highest BCUT2D eigenvalue weighted by Gasteiger charge is 2.20. The fraction of sp³-hybridized carbons (Fsp3) is 0.500. The number of benzene rings is 1. The molecule has 0 radical (unpaired) electrons. The van der Waals surface area contributed by atoms with E-state index in [4.69, 9.17) is 4.74 Å². The Labute approximate surface area is 89.4 Å². The fourth-order valence-corrected chi connectivity index (χ4v) is 1.79. The molecule has 0 saturated carbocycles. The summed E-state index contributed by atoms with van der Waals surface area (Å²) in [6, 6.07) is 7.68. The van der Waals surface area contributed by atoms with Gasteiger partial charge in [-0.2, -0.15) is 0 Å². The van der Waals surface area contributed by atoms with E-state index in [1.807, 2.05) is 12.1 Å². The molecule has 1 unspecified atom stereocenters. The summed E-state index contributed by atoms with van der Waals surface area (Å²) >= 11 is 0. The number of hydrogen-bond donors (Lipinski definition) is 1. The highest BCUT2D eigenvalue weighted by Crippen LogP contribution is 2.10. The molecule has 0 amide bonds. The van der Waals surface area contributed by atoms with Gasteiger partial charge in [0.15, 0.2) is 0 Å². The van der Waals surface area contributed by atoms with E-state index in [2.05, 4.69) is 12.2 Å². The van der Waals surface area contributed by atoms with Gasteiger partial charge in [0.05, 0.1) is 19.3 Å². The Balaban J connectivity index is 1.87. The van der Waals surface area contributed by atoms with Crippen molar-refractivity contribution in [2.45, 2.75) is 25.4 Å². The molecule has 0 aliphatic carbocycles. The zero-order chi connectivity index (χ0) is 10.7. The van der Waals surface area contributed by atoms with E-state index in [9.17, 15) is 4.39 Å². The molecule has 15 heavy (non-hydrogen) atoms. The van der Waals surface area contributed by atoms with Crippen molar-refractivity contribution in [1.29, 1.82) is 0 Å². The molecule has 1 saturated heterocycles. The van der Waals surface area contributed by atoms with E-state index in [1.165, 1.54) is 6.07 Å². The minimum absolute atomic E-state index is 0.115. The molecule has 1 heterocycles. The lowest BCUT2D eigenvalue weighted by molar-refractivity contribution is -0.00911. The predicted octanol–water partition coefficient (Wildman–Crippen LogP) is 1.75. The number of nitrogens with one attached hydrogen (secondary N) is 1. The van der Waals surface area contributed by atoms with Gasteiger partial charge in [-0.25, -0.2) is 4.39 Å². The summed E-state index contributed by atoms with van der Waals surface area (Å²) in [7, 11) is 0. The fourth-order valence-electron chi connectivity index (χ4n) is 1.79. The van der Waals surface area contributed by atoms with Crippen LogP contribution in [0.3, 0.4) is 0 Å². The quantitative estimate of drug-likeness (QED) is 0.815. The highest BCUT2D eigenvalue weighted by atomic mass is 19.1. The van der Waals surface area contributed by atoms with Crippen LogP contribution < -0.4 is 5.32 Å². The second kappa shape index (κ2) is 4.73. The Bertz CT molecular complexity index is 325. The molecule has 2 nitrogen and oxygen atoms in total. The van der Waals surface area contributed by atoms with Crippen LogP contribution in [0.5, 0.6) is 0 Å². The lowest BCUT2D eigenvalue weighted by atomic mass is 10.1. The van der Waals surface area contributed by atoms with Gasteiger partial charge < -0.3 is 10.1 Å². The van der Waals surface area contributed by atoms with Gasteiger partial charge >= 0.3 is 0 Å². The van der Waals surface area contributed by atoms with Crippen LogP contribution in [0.25, 0.3) is 0 Å². The third-order valence-corrected chi connectivity index (χ3v) is 2.64. The van der Waals surface area contributed by atoms with Crippen molar-refractivity contribution < 1.29 is 9.13 Å². The number of rotatable bonds is 4. The van der Waals surface area contributed by atoms with E-state index in [-0.39, 0.29) is 11.9 Å². The van der Waals surface area contributed by atoms with Crippen LogP contribution in [-0.4, -0.2) is 25.3 Å². The predicted molar refractivity (Wildman–Crippen MR) is 57.3 cm³/mol. The van der Waals surface area contributed by atoms with E-state index in [1.54, 1.807) is 6.07 Å². The van der Waals surface area contributed by atoms with Crippen LogP contribution in [0, 0.1) is 5.82 Å². The smallest absolute Gasteiger partial charge is 0.126 e. The van der Waals surface area contributed by atoms with Gasteiger partial charge in [0, 0.05) is 6.04 Å². The molecular weight excluding hydrogens is 193 g/mol. The zero-order valence-electron chi connectivity index (χ0n) is 8.87. The standard InChI is InChI=1S/C12H16FNO/c1-9(14-11-7-15-8-11)6-10-4-2-3-5-12(10)13/h2-5,9,11,14H,6-8H2,1H3. The van der Waals surface area contributed by atoms with Gasteiger partial charge in [0.25, 0.3) is 0 Å². The van der Waals surface area contributed by atoms with Crippen molar-refractivity contribution in [3.05, 3.63) is 35.6 Å². The second-order valence-electron chi connectivity index (χ2n) is 4.10. The molecule has 82 valence electrons. The monoisotopic (exact) mass is 209 g/mol. The van der Waals surface area contributed by atoms with Crippen molar-refractivity contribution in [3.8, 4) is 0 Å². The number of hydrogen-bond acceptors (Lipinski definition) is 2. The first-order valence-electron chi connectivity index (χ1n) is 5.33. The highest BCUT2D eigenvalue weighted by molar-refractivity contribution is 5.18. The molecule has 1 aliphatic rings. The van der Waals surface area contributed by atoms with Gasteiger partial charge in [-0.3, -0.25) is 0 Å². The van der Waals surface area contributed by atoms with Gasteiger partial charge in [-0.1, -0.05) is 18.2 Å². The first-order valence-corrected chi connectivity index (χ1v) is 5.33. The normalized spacial score (nSPS) is 18.5. The molecule has 1 fully saturated rings. The molecule has 1 aromatic rings. The largest absolute Gasteiger partial charge is 0.378 e. The van der Waals surface area contributed by atoms with E-state index < -0.39 is 0 Å². The molecular formula is C12H16FNO. The van der Waals surface area contributed by atoms with Crippen molar-refractivity contribution in [1.82, 2.24) is 5.32 Å².